The molecule has 224 valence electrons. The van der Waals surface area contributed by atoms with Gasteiger partial charge in [0.05, 0.1) is 39.7 Å². The van der Waals surface area contributed by atoms with Gasteiger partial charge in [0.25, 0.3) is 0 Å². The van der Waals surface area contributed by atoms with E-state index in [4.69, 9.17) is 10.5 Å². The largest absolute Gasteiger partial charge is 0.469 e. The predicted octanol–water partition coefficient (Wildman–Crippen LogP) is 3.23. The molecule has 3 unspecified atom stereocenters. The van der Waals surface area contributed by atoms with Gasteiger partial charge in [-0.15, -0.1) is 0 Å². The number of esters is 2. The fourth-order valence-electron chi connectivity index (χ4n) is 3.32. The normalized spacial score (nSPS) is 13.1. The summed E-state index contributed by atoms with van der Waals surface area (Å²) >= 11 is 0. The quantitative estimate of drug-likeness (QED) is 0.270. The van der Waals surface area contributed by atoms with E-state index in [1.165, 1.54) is 20.5 Å². The van der Waals surface area contributed by atoms with Gasteiger partial charge in [0.1, 0.15) is 17.5 Å². The lowest BCUT2D eigenvalue weighted by Crippen LogP contribution is -2.45. The summed E-state index contributed by atoms with van der Waals surface area (Å²) in [5.41, 5.74) is 4.78. The number of aromatic nitrogens is 4. The summed E-state index contributed by atoms with van der Waals surface area (Å²) in [5, 5.41) is 5.27. The van der Waals surface area contributed by atoms with Gasteiger partial charge in [-0.2, -0.15) is 0 Å². The van der Waals surface area contributed by atoms with Crippen molar-refractivity contribution in [2.75, 3.05) is 25.3 Å². The SMILES string of the molecule is CCCC(NC(=O)OC(C)(C)C)C(=O)Nc1cn(C(C)CC(=O)OC)cn1.COC(=O)CC(C)n1cnc(N)c1. The summed E-state index contributed by atoms with van der Waals surface area (Å²) in [6, 6.07) is -0.873. The summed E-state index contributed by atoms with van der Waals surface area (Å²) in [4.78, 5) is 54.7. The van der Waals surface area contributed by atoms with Crippen LogP contribution in [-0.2, 0) is 28.6 Å². The molecule has 0 saturated heterocycles. The number of hydrogen-bond donors (Lipinski definition) is 3. The molecule has 2 rings (SSSR count). The van der Waals surface area contributed by atoms with Gasteiger partial charge in [0, 0.05) is 24.5 Å². The number of nitrogen functional groups attached to an aromatic ring is 1. The van der Waals surface area contributed by atoms with Crippen LogP contribution in [0.4, 0.5) is 16.4 Å². The molecule has 0 spiro atoms. The molecule has 0 aliphatic carbocycles. The van der Waals surface area contributed by atoms with E-state index in [0.717, 1.165) is 0 Å². The summed E-state index contributed by atoms with van der Waals surface area (Å²) in [7, 11) is 2.71. The predicted molar refractivity (Wildman–Crippen MR) is 148 cm³/mol. The third-order valence-electron chi connectivity index (χ3n) is 5.46. The maximum absolute atomic E-state index is 12.5. The van der Waals surface area contributed by atoms with Crippen LogP contribution in [0.15, 0.2) is 25.0 Å². The second-order valence-corrected chi connectivity index (χ2v) is 10.2. The zero-order chi connectivity index (χ0) is 30.5. The van der Waals surface area contributed by atoms with Crippen molar-refractivity contribution in [3.05, 3.63) is 25.0 Å². The first-order valence-corrected chi connectivity index (χ1v) is 12.9. The van der Waals surface area contributed by atoms with E-state index in [0.29, 0.717) is 30.9 Å². The number of anilines is 2. The Morgan fingerprint density at radius 3 is 1.93 bits per heavy atom. The Kier molecular flexibility index (Phi) is 13.7. The molecule has 14 heteroatoms. The number of nitrogens with one attached hydrogen (secondary N) is 2. The molecule has 4 N–H and O–H groups in total. The molecular weight excluding hydrogens is 522 g/mol. The lowest BCUT2D eigenvalue weighted by molar-refractivity contribution is -0.142. The van der Waals surface area contributed by atoms with Crippen LogP contribution in [0.25, 0.3) is 0 Å². The zero-order valence-corrected chi connectivity index (χ0v) is 24.6. The van der Waals surface area contributed by atoms with Crippen LogP contribution in [0.5, 0.6) is 0 Å². The zero-order valence-electron chi connectivity index (χ0n) is 24.6. The van der Waals surface area contributed by atoms with Crippen LogP contribution in [0, 0.1) is 0 Å². The molecule has 0 radical (unpaired) electrons. The molecule has 2 heterocycles. The fraction of sp³-hybridized carbons (Fsp3) is 0.615. The topological polar surface area (TPSA) is 182 Å². The summed E-state index contributed by atoms with van der Waals surface area (Å²) in [6.45, 7) is 10.9. The van der Waals surface area contributed by atoms with Crippen LogP contribution < -0.4 is 16.4 Å². The Morgan fingerprint density at radius 2 is 1.48 bits per heavy atom. The lowest BCUT2D eigenvalue weighted by Gasteiger charge is -2.23. The summed E-state index contributed by atoms with van der Waals surface area (Å²) < 4.78 is 17.9. The van der Waals surface area contributed by atoms with Crippen molar-refractivity contribution in [3.63, 3.8) is 0 Å². The number of amides is 2. The number of nitrogens with two attached hydrogens (primary N) is 1. The number of hydrogen-bond acceptors (Lipinski definition) is 10. The van der Waals surface area contributed by atoms with Gasteiger partial charge in [-0.1, -0.05) is 13.3 Å². The minimum absolute atomic E-state index is 0.0252. The second kappa shape index (κ2) is 16.1. The van der Waals surface area contributed by atoms with Crippen LogP contribution >= 0.6 is 0 Å². The van der Waals surface area contributed by atoms with Gasteiger partial charge in [-0.3, -0.25) is 14.4 Å². The number of ether oxygens (including phenoxy) is 3. The van der Waals surface area contributed by atoms with Gasteiger partial charge in [0.15, 0.2) is 5.82 Å². The molecule has 2 aromatic rings. The van der Waals surface area contributed by atoms with Crippen molar-refractivity contribution in [1.29, 1.82) is 0 Å². The lowest BCUT2D eigenvalue weighted by atomic mass is 10.1. The first kappa shape index (κ1) is 33.9. The highest BCUT2D eigenvalue weighted by atomic mass is 16.6. The molecule has 2 amide bonds. The van der Waals surface area contributed by atoms with E-state index < -0.39 is 17.7 Å². The minimum atomic E-state index is -0.734. The number of rotatable bonds is 11. The number of nitrogens with zero attached hydrogens (tertiary/aromatic N) is 4. The first-order valence-electron chi connectivity index (χ1n) is 12.9. The average Bonchev–Trinajstić information content (AvgIpc) is 3.52. The highest BCUT2D eigenvalue weighted by Gasteiger charge is 2.24. The van der Waals surface area contributed by atoms with E-state index in [1.54, 1.807) is 48.6 Å². The number of alkyl carbamates (subject to hydrolysis) is 1. The molecule has 0 aliphatic rings. The van der Waals surface area contributed by atoms with Crippen molar-refractivity contribution in [2.24, 2.45) is 0 Å². The van der Waals surface area contributed by atoms with Crippen molar-refractivity contribution in [1.82, 2.24) is 24.4 Å². The fourth-order valence-corrected chi connectivity index (χ4v) is 3.32. The summed E-state index contributed by atoms with van der Waals surface area (Å²) in [5.74, 6) is -0.153. The number of methoxy groups -OCH3 is 2. The van der Waals surface area contributed by atoms with Crippen LogP contribution in [0.1, 0.15) is 79.3 Å². The van der Waals surface area contributed by atoms with Gasteiger partial charge in [-0.25, -0.2) is 14.8 Å². The molecule has 0 bridgehead atoms. The number of imidazole rings is 2. The molecule has 0 aromatic carbocycles. The molecule has 14 nitrogen and oxygen atoms in total. The highest BCUT2D eigenvalue weighted by Crippen LogP contribution is 2.15. The molecule has 40 heavy (non-hydrogen) atoms. The smallest absolute Gasteiger partial charge is 0.408 e. The van der Waals surface area contributed by atoms with E-state index in [2.05, 4.69) is 30.1 Å². The van der Waals surface area contributed by atoms with E-state index >= 15 is 0 Å². The van der Waals surface area contributed by atoms with Gasteiger partial charge >= 0.3 is 18.0 Å². The molecule has 3 atom stereocenters. The Labute approximate surface area is 234 Å². The minimum Gasteiger partial charge on any atom is -0.469 e. The number of carbonyl (C=O) groups excluding carboxylic acids is 4. The standard InChI is InChI=1S/C18H30N4O5.C8H13N3O2/c1-7-8-13(20-17(25)27-18(3,4)5)16(24)21-14-10-22(11-19-14)12(2)9-15(23)26-6;1-6(3-8(12)13-2)11-4-7(9)10-5-11/h10-13H,7-9H2,1-6H3,(H,20,25)(H,21,24);4-6H,3,9H2,1-2H3. The van der Waals surface area contributed by atoms with Crippen molar-refractivity contribution in [2.45, 2.75) is 91.0 Å². The third-order valence-corrected chi connectivity index (χ3v) is 5.46. The first-order chi connectivity index (χ1) is 18.7. The Hall–Kier alpha value is -4.10. The Morgan fingerprint density at radius 1 is 0.950 bits per heavy atom. The van der Waals surface area contributed by atoms with Crippen LogP contribution in [-0.4, -0.2) is 68.9 Å². The number of carbonyl (C=O) groups is 4. The Bertz CT molecular complexity index is 1110. The van der Waals surface area contributed by atoms with Crippen molar-refractivity contribution < 1.29 is 33.4 Å². The van der Waals surface area contributed by atoms with Gasteiger partial charge < -0.3 is 39.7 Å². The maximum atomic E-state index is 12.5. The van der Waals surface area contributed by atoms with Crippen LogP contribution in [0.3, 0.4) is 0 Å². The molecule has 0 aliphatic heterocycles. The molecule has 0 saturated carbocycles. The van der Waals surface area contributed by atoms with E-state index in [1.807, 2.05) is 20.8 Å². The molecule has 2 aromatic heterocycles. The van der Waals surface area contributed by atoms with Gasteiger partial charge in [-0.05, 0) is 41.0 Å². The molecule has 0 fully saturated rings. The van der Waals surface area contributed by atoms with E-state index in [-0.39, 0.29) is 36.4 Å². The maximum Gasteiger partial charge on any atom is 0.408 e. The van der Waals surface area contributed by atoms with Gasteiger partial charge in [0.2, 0.25) is 5.91 Å². The summed E-state index contributed by atoms with van der Waals surface area (Å²) in [6.07, 6.45) is 7.49. The van der Waals surface area contributed by atoms with Crippen LogP contribution in [0.2, 0.25) is 0 Å². The highest BCUT2D eigenvalue weighted by molar-refractivity contribution is 5.95. The van der Waals surface area contributed by atoms with E-state index in [9.17, 15) is 19.2 Å². The van der Waals surface area contributed by atoms with Crippen molar-refractivity contribution >= 4 is 35.6 Å². The second-order valence-electron chi connectivity index (χ2n) is 10.2. The Balaban J connectivity index is 0.000000512. The van der Waals surface area contributed by atoms with Crippen molar-refractivity contribution in [3.8, 4) is 0 Å². The molecular formula is C26H43N7O7. The average molecular weight is 566 g/mol. The third kappa shape index (κ3) is 12.6. The monoisotopic (exact) mass is 565 g/mol.